The van der Waals surface area contributed by atoms with Crippen molar-refractivity contribution in [1.29, 1.82) is 0 Å². The molecule has 5 nitrogen and oxygen atoms in total. The minimum absolute atomic E-state index is 0.0252. The molecule has 0 spiro atoms. The molecule has 2 aromatic rings. The van der Waals surface area contributed by atoms with E-state index in [-0.39, 0.29) is 6.10 Å². The minimum Gasteiger partial charge on any atom is -0.497 e. The molecule has 112 valence electrons. The molecule has 0 atom stereocenters. The molecule has 0 saturated carbocycles. The normalized spacial score (nSPS) is 10.5. The molecule has 5 heteroatoms. The van der Waals surface area contributed by atoms with E-state index in [2.05, 4.69) is 4.98 Å². The van der Waals surface area contributed by atoms with E-state index in [4.69, 9.17) is 15.2 Å². The highest BCUT2D eigenvalue weighted by molar-refractivity contribution is 5.64. The second kappa shape index (κ2) is 6.35. The summed E-state index contributed by atoms with van der Waals surface area (Å²) < 4.78 is 10.9. The van der Waals surface area contributed by atoms with Crippen LogP contribution in [0.4, 0.5) is 17.2 Å². The van der Waals surface area contributed by atoms with E-state index < -0.39 is 0 Å². The van der Waals surface area contributed by atoms with Gasteiger partial charge in [-0.15, -0.1) is 0 Å². The first kappa shape index (κ1) is 15.0. The van der Waals surface area contributed by atoms with Gasteiger partial charge in [0.15, 0.2) is 0 Å². The molecule has 0 unspecified atom stereocenters. The van der Waals surface area contributed by atoms with E-state index >= 15 is 0 Å². The summed E-state index contributed by atoms with van der Waals surface area (Å²) in [7, 11) is 3.58. The largest absolute Gasteiger partial charge is 0.497 e. The number of aromatic nitrogens is 1. The number of hydrogen-bond acceptors (Lipinski definition) is 5. The number of ether oxygens (including phenoxy) is 2. The van der Waals surface area contributed by atoms with Crippen molar-refractivity contribution in [2.24, 2.45) is 0 Å². The third-order valence-electron chi connectivity index (χ3n) is 3.01. The number of rotatable bonds is 5. The van der Waals surface area contributed by atoms with Gasteiger partial charge in [0.05, 0.1) is 18.9 Å². The third-order valence-corrected chi connectivity index (χ3v) is 3.01. The van der Waals surface area contributed by atoms with E-state index in [0.717, 1.165) is 17.3 Å². The van der Waals surface area contributed by atoms with Gasteiger partial charge in [0.25, 0.3) is 0 Å². The van der Waals surface area contributed by atoms with Gasteiger partial charge in [-0.25, -0.2) is 0 Å². The van der Waals surface area contributed by atoms with Gasteiger partial charge in [0.1, 0.15) is 11.6 Å². The highest BCUT2D eigenvalue weighted by Gasteiger charge is 2.11. The average Bonchev–Trinajstić information content (AvgIpc) is 2.48. The fourth-order valence-corrected chi connectivity index (χ4v) is 1.90. The Morgan fingerprint density at radius 3 is 2.62 bits per heavy atom. The topological polar surface area (TPSA) is 60.6 Å². The molecule has 21 heavy (non-hydrogen) atoms. The summed E-state index contributed by atoms with van der Waals surface area (Å²) in [6, 6.07) is 11.4. The predicted octanol–water partition coefficient (Wildman–Crippen LogP) is 3.23. The van der Waals surface area contributed by atoms with Crippen LogP contribution < -0.4 is 20.1 Å². The summed E-state index contributed by atoms with van der Waals surface area (Å²) in [6.07, 6.45) is 0.0252. The van der Waals surface area contributed by atoms with Gasteiger partial charge in [-0.2, -0.15) is 4.98 Å². The van der Waals surface area contributed by atoms with Crippen LogP contribution in [0.1, 0.15) is 13.8 Å². The van der Waals surface area contributed by atoms with Gasteiger partial charge >= 0.3 is 0 Å². The molecule has 2 rings (SSSR count). The van der Waals surface area contributed by atoms with Crippen molar-refractivity contribution in [2.75, 3.05) is 24.8 Å². The maximum absolute atomic E-state index is 5.90. The first-order chi connectivity index (χ1) is 10.0. The lowest BCUT2D eigenvalue weighted by Gasteiger charge is -2.20. The van der Waals surface area contributed by atoms with Gasteiger partial charge < -0.3 is 20.1 Å². The van der Waals surface area contributed by atoms with E-state index in [1.54, 1.807) is 13.2 Å². The van der Waals surface area contributed by atoms with Crippen molar-refractivity contribution < 1.29 is 9.47 Å². The van der Waals surface area contributed by atoms with Crippen LogP contribution >= 0.6 is 0 Å². The van der Waals surface area contributed by atoms with Crippen molar-refractivity contribution in [3.05, 3.63) is 36.4 Å². The maximum atomic E-state index is 5.90. The summed E-state index contributed by atoms with van der Waals surface area (Å²) >= 11 is 0. The Kier molecular flexibility index (Phi) is 4.52. The number of nitrogens with zero attached hydrogens (tertiary/aromatic N) is 2. The van der Waals surface area contributed by atoms with Gasteiger partial charge in [-0.1, -0.05) is 6.07 Å². The third kappa shape index (κ3) is 3.56. The molecule has 0 amide bonds. The van der Waals surface area contributed by atoms with Gasteiger partial charge in [-0.05, 0) is 38.1 Å². The Hall–Kier alpha value is -2.43. The molecule has 0 aliphatic carbocycles. The van der Waals surface area contributed by atoms with Crippen molar-refractivity contribution in [2.45, 2.75) is 20.0 Å². The summed E-state index contributed by atoms with van der Waals surface area (Å²) in [5.74, 6) is 2.01. The summed E-state index contributed by atoms with van der Waals surface area (Å²) in [6.45, 7) is 3.89. The molecule has 0 fully saturated rings. The highest BCUT2D eigenvalue weighted by Crippen LogP contribution is 2.29. The fraction of sp³-hybridized carbons (Fsp3) is 0.312. The molecular weight excluding hydrogens is 266 g/mol. The number of nitrogens with two attached hydrogens (primary N) is 1. The highest BCUT2D eigenvalue weighted by atomic mass is 16.5. The van der Waals surface area contributed by atoms with Crippen LogP contribution in [0.2, 0.25) is 0 Å². The van der Waals surface area contributed by atoms with Gasteiger partial charge in [-0.3, -0.25) is 0 Å². The Morgan fingerprint density at radius 2 is 1.95 bits per heavy atom. The zero-order chi connectivity index (χ0) is 15.4. The van der Waals surface area contributed by atoms with E-state index in [1.165, 1.54) is 0 Å². The summed E-state index contributed by atoms with van der Waals surface area (Å²) in [5, 5.41) is 0. The van der Waals surface area contributed by atoms with Crippen LogP contribution in [0.25, 0.3) is 0 Å². The van der Waals surface area contributed by atoms with Crippen LogP contribution in [-0.4, -0.2) is 25.2 Å². The second-order valence-corrected chi connectivity index (χ2v) is 4.99. The van der Waals surface area contributed by atoms with E-state index in [1.807, 2.05) is 56.1 Å². The maximum Gasteiger partial charge on any atom is 0.239 e. The lowest BCUT2D eigenvalue weighted by molar-refractivity contribution is 0.234. The van der Waals surface area contributed by atoms with Crippen LogP contribution in [0.5, 0.6) is 11.6 Å². The summed E-state index contributed by atoms with van der Waals surface area (Å²) in [4.78, 5) is 6.44. The van der Waals surface area contributed by atoms with Crippen molar-refractivity contribution in [1.82, 2.24) is 4.98 Å². The van der Waals surface area contributed by atoms with Crippen LogP contribution in [0, 0.1) is 0 Å². The number of benzene rings is 1. The zero-order valence-electron chi connectivity index (χ0n) is 12.8. The molecule has 0 aliphatic rings. The number of pyridine rings is 1. The van der Waals surface area contributed by atoms with Crippen molar-refractivity contribution in [3.63, 3.8) is 0 Å². The van der Waals surface area contributed by atoms with Gasteiger partial charge in [0, 0.05) is 18.8 Å². The standard InChI is InChI=1S/C16H21N3O2/c1-11(2)21-16-14(17)8-9-15(18-16)19(3)12-6-5-7-13(10-12)20-4/h5-11H,17H2,1-4H3. The van der Waals surface area contributed by atoms with Crippen molar-refractivity contribution >= 4 is 17.2 Å². The Morgan fingerprint density at radius 1 is 1.19 bits per heavy atom. The number of methoxy groups -OCH3 is 1. The molecule has 1 aromatic carbocycles. The fourth-order valence-electron chi connectivity index (χ4n) is 1.90. The Labute approximate surface area is 125 Å². The zero-order valence-corrected chi connectivity index (χ0v) is 12.8. The van der Waals surface area contributed by atoms with Crippen LogP contribution in [-0.2, 0) is 0 Å². The predicted molar refractivity (Wildman–Crippen MR) is 85.5 cm³/mol. The SMILES string of the molecule is COc1cccc(N(C)c2ccc(N)c(OC(C)C)n2)c1. The summed E-state index contributed by atoms with van der Waals surface area (Å²) in [5.41, 5.74) is 7.40. The molecule has 1 aromatic heterocycles. The molecule has 0 bridgehead atoms. The van der Waals surface area contributed by atoms with Gasteiger partial charge in [0.2, 0.25) is 5.88 Å². The molecule has 1 heterocycles. The van der Waals surface area contributed by atoms with E-state index in [9.17, 15) is 0 Å². The molecule has 0 radical (unpaired) electrons. The molecule has 2 N–H and O–H groups in total. The molecule has 0 saturated heterocycles. The second-order valence-electron chi connectivity index (χ2n) is 4.99. The average molecular weight is 287 g/mol. The molecule has 0 aliphatic heterocycles. The Balaban J connectivity index is 2.32. The number of nitrogen functional groups attached to an aromatic ring is 1. The first-order valence-electron chi connectivity index (χ1n) is 6.82. The number of anilines is 3. The lowest BCUT2D eigenvalue weighted by Crippen LogP contribution is -2.14. The lowest BCUT2D eigenvalue weighted by atomic mass is 10.2. The smallest absolute Gasteiger partial charge is 0.239 e. The quantitative estimate of drug-likeness (QED) is 0.915. The Bertz CT molecular complexity index is 614. The minimum atomic E-state index is 0.0252. The van der Waals surface area contributed by atoms with Crippen LogP contribution in [0.3, 0.4) is 0 Å². The monoisotopic (exact) mass is 287 g/mol. The number of hydrogen-bond donors (Lipinski definition) is 1. The van der Waals surface area contributed by atoms with Crippen molar-refractivity contribution in [3.8, 4) is 11.6 Å². The van der Waals surface area contributed by atoms with Crippen LogP contribution in [0.15, 0.2) is 36.4 Å². The molecular formula is C16H21N3O2. The van der Waals surface area contributed by atoms with E-state index in [0.29, 0.717) is 11.6 Å². The first-order valence-corrected chi connectivity index (χ1v) is 6.82.